The van der Waals surface area contributed by atoms with Crippen LogP contribution in [0.2, 0.25) is 5.02 Å². The van der Waals surface area contributed by atoms with Crippen molar-refractivity contribution in [2.75, 3.05) is 31.2 Å². The largest absolute Gasteiger partial charge is 0.467 e. The lowest BCUT2D eigenvalue weighted by Crippen LogP contribution is -2.40. The molecule has 1 fully saturated rings. The number of aromatic nitrogens is 1. The van der Waals surface area contributed by atoms with Crippen molar-refractivity contribution < 1.29 is 22.4 Å². The molecular weight excluding hydrogens is 510 g/mol. The standard InChI is InChI=1S/C24H22ClN3O5S2/c1-16-4-9-20(25)22-21(16)26-24(34-22)28(15-18-3-2-12-33-18)23(29)17-5-7-19(8-6-17)35(30,31)27-10-13-32-14-11-27/h2-9,12H,10-11,13-15H2,1H3. The highest BCUT2D eigenvalue weighted by Crippen LogP contribution is 2.36. The van der Waals surface area contributed by atoms with E-state index in [1.807, 2.05) is 19.1 Å². The summed E-state index contributed by atoms with van der Waals surface area (Å²) >= 11 is 7.71. The number of hydrogen-bond donors (Lipinski definition) is 0. The van der Waals surface area contributed by atoms with Crippen molar-refractivity contribution in [1.29, 1.82) is 0 Å². The molecule has 0 N–H and O–H groups in total. The zero-order chi connectivity index (χ0) is 24.6. The van der Waals surface area contributed by atoms with Gasteiger partial charge in [0.05, 0.1) is 46.2 Å². The van der Waals surface area contributed by atoms with Crippen LogP contribution in [0.4, 0.5) is 5.13 Å². The Labute approximate surface area is 211 Å². The summed E-state index contributed by atoms with van der Waals surface area (Å²) in [5, 5.41) is 1.04. The Bertz CT molecular complexity index is 1420. The third kappa shape index (κ3) is 4.72. The van der Waals surface area contributed by atoms with Gasteiger partial charge in [0.2, 0.25) is 10.0 Å². The molecule has 5 rings (SSSR count). The summed E-state index contributed by atoms with van der Waals surface area (Å²) in [7, 11) is -3.66. The van der Waals surface area contributed by atoms with Crippen LogP contribution in [0.5, 0.6) is 0 Å². The number of aryl methyl sites for hydroxylation is 1. The van der Waals surface area contributed by atoms with Gasteiger partial charge in [-0.2, -0.15) is 4.31 Å². The second kappa shape index (κ2) is 9.71. The number of carbonyl (C=O) groups is 1. The topological polar surface area (TPSA) is 93.0 Å². The van der Waals surface area contributed by atoms with E-state index in [1.54, 1.807) is 18.4 Å². The van der Waals surface area contributed by atoms with E-state index >= 15 is 0 Å². The van der Waals surface area contributed by atoms with E-state index in [4.69, 9.17) is 25.7 Å². The number of hydrogen-bond acceptors (Lipinski definition) is 7. The lowest BCUT2D eigenvalue weighted by atomic mass is 10.2. The molecule has 2 aromatic heterocycles. The highest BCUT2D eigenvalue weighted by Gasteiger charge is 2.28. The van der Waals surface area contributed by atoms with Crippen molar-refractivity contribution in [2.45, 2.75) is 18.4 Å². The van der Waals surface area contributed by atoms with Gasteiger partial charge in [-0.3, -0.25) is 9.69 Å². The molecule has 1 aliphatic rings. The summed E-state index contributed by atoms with van der Waals surface area (Å²) in [6, 6.07) is 13.2. The van der Waals surface area contributed by atoms with E-state index in [2.05, 4.69) is 0 Å². The molecule has 1 aliphatic heterocycles. The third-order valence-electron chi connectivity index (χ3n) is 5.77. The number of morpholine rings is 1. The van der Waals surface area contributed by atoms with Crippen LogP contribution < -0.4 is 4.90 Å². The van der Waals surface area contributed by atoms with E-state index < -0.39 is 10.0 Å². The van der Waals surface area contributed by atoms with Gasteiger partial charge in [-0.05, 0) is 55.0 Å². The SMILES string of the molecule is Cc1ccc(Cl)c2sc(N(Cc3ccco3)C(=O)c3ccc(S(=O)(=O)N4CCOCC4)cc3)nc12. The van der Waals surface area contributed by atoms with Crippen LogP contribution in [0, 0.1) is 6.92 Å². The van der Waals surface area contributed by atoms with Gasteiger partial charge in [0, 0.05) is 18.7 Å². The van der Waals surface area contributed by atoms with E-state index in [0.29, 0.717) is 47.8 Å². The number of amides is 1. The molecule has 1 amide bonds. The van der Waals surface area contributed by atoms with Gasteiger partial charge >= 0.3 is 0 Å². The van der Waals surface area contributed by atoms with Crippen LogP contribution in [-0.2, 0) is 21.3 Å². The Morgan fingerprint density at radius 1 is 1.14 bits per heavy atom. The predicted octanol–water partition coefficient (Wildman–Crippen LogP) is 4.72. The molecule has 0 bridgehead atoms. The molecule has 1 saturated heterocycles. The molecule has 3 heterocycles. The lowest BCUT2D eigenvalue weighted by Gasteiger charge is -2.26. The van der Waals surface area contributed by atoms with E-state index in [1.165, 1.54) is 44.8 Å². The molecule has 0 atom stereocenters. The normalized spacial score (nSPS) is 14.9. The third-order valence-corrected chi connectivity index (χ3v) is 9.22. The van der Waals surface area contributed by atoms with Crippen LogP contribution in [0.25, 0.3) is 10.2 Å². The molecular formula is C24H22ClN3O5S2. The smallest absolute Gasteiger partial charge is 0.260 e. The second-order valence-corrected chi connectivity index (χ2v) is 11.4. The number of carbonyl (C=O) groups excluding carboxylic acids is 1. The maximum absolute atomic E-state index is 13.6. The molecule has 0 unspecified atom stereocenters. The summed E-state index contributed by atoms with van der Waals surface area (Å²) in [5.74, 6) is 0.261. The monoisotopic (exact) mass is 531 g/mol. The minimum atomic E-state index is -3.66. The predicted molar refractivity (Wildman–Crippen MR) is 135 cm³/mol. The summed E-state index contributed by atoms with van der Waals surface area (Å²) < 4.78 is 38.8. The van der Waals surface area contributed by atoms with Crippen LogP contribution in [0.15, 0.2) is 64.1 Å². The molecule has 0 aliphatic carbocycles. The first-order valence-corrected chi connectivity index (χ1v) is 13.6. The fourth-order valence-electron chi connectivity index (χ4n) is 3.85. The number of furan rings is 1. The second-order valence-electron chi connectivity index (χ2n) is 8.05. The highest BCUT2D eigenvalue weighted by molar-refractivity contribution is 7.89. The number of thiazole rings is 1. The number of halogens is 1. The van der Waals surface area contributed by atoms with Gasteiger partial charge in [-0.25, -0.2) is 13.4 Å². The summed E-state index contributed by atoms with van der Waals surface area (Å²) in [6.45, 7) is 3.44. The Morgan fingerprint density at radius 3 is 2.54 bits per heavy atom. The highest BCUT2D eigenvalue weighted by atomic mass is 35.5. The first-order chi connectivity index (χ1) is 16.8. The maximum atomic E-state index is 13.6. The number of fused-ring (bicyclic) bond motifs is 1. The zero-order valence-electron chi connectivity index (χ0n) is 18.8. The summed E-state index contributed by atoms with van der Waals surface area (Å²) in [4.78, 5) is 20.0. The zero-order valence-corrected chi connectivity index (χ0v) is 21.2. The van der Waals surface area contributed by atoms with E-state index in [-0.39, 0.29) is 17.3 Å². The van der Waals surface area contributed by atoms with Crippen molar-refractivity contribution in [3.63, 3.8) is 0 Å². The average molecular weight is 532 g/mol. The lowest BCUT2D eigenvalue weighted by molar-refractivity contribution is 0.0730. The quantitative estimate of drug-likeness (QED) is 0.357. The molecule has 0 spiro atoms. The molecule has 4 aromatic rings. The Morgan fingerprint density at radius 2 is 1.89 bits per heavy atom. The number of rotatable bonds is 6. The van der Waals surface area contributed by atoms with Crippen molar-refractivity contribution in [1.82, 2.24) is 9.29 Å². The number of benzene rings is 2. The molecule has 0 saturated carbocycles. The van der Waals surface area contributed by atoms with Crippen molar-refractivity contribution in [2.24, 2.45) is 0 Å². The van der Waals surface area contributed by atoms with Crippen LogP contribution in [-0.4, -0.2) is 49.9 Å². The molecule has 35 heavy (non-hydrogen) atoms. The Balaban J connectivity index is 1.48. The van der Waals surface area contributed by atoms with Crippen LogP contribution >= 0.6 is 22.9 Å². The fraction of sp³-hybridized carbons (Fsp3) is 0.250. The first kappa shape index (κ1) is 24.0. The molecule has 0 radical (unpaired) electrons. The molecule has 11 heteroatoms. The summed E-state index contributed by atoms with van der Waals surface area (Å²) in [6.07, 6.45) is 1.54. The van der Waals surface area contributed by atoms with Gasteiger partial charge < -0.3 is 9.15 Å². The van der Waals surface area contributed by atoms with E-state index in [9.17, 15) is 13.2 Å². The number of ether oxygens (including phenoxy) is 1. The van der Waals surface area contributed by atoms with Crippen molar-refractivity contribution in [3.8, 4) is 0 Å². The molecule has 2 aromatic carbocycles. The van der Waals surface area contributed by atoms with Gasteiger partial charge in [-0.15, -0.1) is 0 Å². The van der Waals surface area contributed by atoms with Crippen LogP contribution in [0.3, 0.4) is 0 Å². The first-order valence-electron chi connectivity index (χ1n) is 10.9. The molecule has 182 valence electrons. The fourth-order valence-corrected chi connectivity index (χ4v) is 6.57. The number of anilines is 1. The van der Waals surface area contributed by atoms with Gasteiger partial charge in [0.25, 0.3) is 5.91 Å². The van der Waals surface area contributed by atoms with Gasteiger partial charge in [0.1, 0.15) is 5.76 Å². The minimum absolute atomic E-state index is 0.135. The van der Waals surface area contributed by atoms with Crippen molar-refractivity contribution >= 4 is 54.2 Å². The Kier molecular flexibility index (Phi) is 6.65. The van der Waals surface area contributed by atoms with Gasteiger partial charge in [0.15, 0.2) is 5.13 Å². The number of nitrogens with zero attached hydrogens (tertiary/aromatic N) is 3. The maximum Gasteiger partial charge on any atom is 0.260 e. The Hall–Kier alpha value is -2.76. The molecule has 8 nitrogen and oxygen atoms in total. The van der Waals surface area contributed by atoms with Crippen LogP contribution in [0.1, 0.15) is 21.7 Å². The summed E-state index contributed by atoms with van der Waals surface area (Å²) in [5.41, 5.74) is 2.02. The van der Waals surface area contributed by atoms with E-state index in [0.717, 1.165) is 15.8 Å². The average Bonchev–Trinajstić information content (AvgIpc) is 3.56. The minimum Gasteiger partial charge on any atom is -0.467 e. The van der Waals surface area contributed by atoms with Crippen molar-refractivity contribution in [3.05, 3.63) is 76.7 Å². The van der Waals surface area contributed by atoms with Gasteiger partial charge in [-0.1, -0.05) is 29.0 Å². The number of sulfonamides is 1.